The number of carboxylic acids is 1. The summed E-state index contributed by atoms with van der Waals surface area (Å²) in [5, 5.41) is 12.2. The Balaban J connectivity index is 1.86. The summed E-state index contributed by atoms with van der Waals surface area (Å²) >= 11 is 0. The van der Waals surface area contributed by atoms with Crippen LogP contribution in [0.25, 0.3) is 0 Å². The monoisotopic (exact) mass is 324 g/mol. The number of nitrogens with zero attached hydrogens (tertiary/aromatic N) is 1. The molecule has 0 unspecified atom stereocenters. The number of aryl methyl sites for hydroxylation is 1. The summed E-state index contributed by atoms with van der Waals surface area (Å²) in [5.74, 6) is -1.84. The molecule has 0 saturated carbocycles. The first-order valence-electron chi connectivity index (χ1n) is 7.49. The number of anilines is 2. The maximum Gasteiger partial charge on any atom is 0.335 e. The Morgan fingerprint density at radius 1 is 1.17 bits per heavy atom. The van der Waals surface area contributed by atoms with Crippen LogP contribution < -0.4 is 10.2 Å². The van der Waals surface area contributed by atoms with Crippen LogP contribution in [0.3, 0.4) is 0 Å². The number of aromatic carboxylic acids is 1. The molecule has 24 heavy (non-hydrogen) atoms. The van der Waals surface area contributed by atoms with E-state index in [-0.39, 0.29) is 29.5 Å². The van der Waals surface area contributed by atoms with Gasteiger partial charge >= 0.3 is 5.97 Å². The van der Waals surface area contributed by atoms with Gasteiger partial charge < -0.3 is 10.4 Å². The second-order valence-corrected chi connectivity index (χ2v) is 5.64. The zero-order valence-electron chi connectivity index (χ0n) is 13.0. The number of carbonyl (C=O) groups excluding carboxylic acids is 2. The molecule has 2 amide bonds. The molecule has 3 rings (SSSR count). The van der Waals surface area contributed by atoms with E-state index < -0.39 is 12.0 Å². The third-order valence-corrected chi connectivity index (χ3v) is 3.97. The van der Waals surface area contributed by atoms with Crippen molar-refractivity contribution in [2.24, 2.45) is 0 Å². The Hall–Kier alpha value is -3.15. The second-order valence-electron chi connectivity index (χ2n) is 5.64. The molecule has 122 valence electrons. The van der Waals surface area contributed by atoms with Crippen molar-refractivity contribution in [2.45, 2.75) is 19.4 Å². The smallest absolute Gasteiger partial charge is 0.335 e. The lowest BCUT2D eigenvalue weighted by Gasteiger charge is -2.17. The third kappa shape index (κ3) is 2.86. The van der Waals surface area contributed by atoms with Crippen LogP contribution in [0.2, 0.25) is 0 Å². The summed E-state index contributed by atoms with van der Waals surface area (Å²) in [5.41, 5.74) is 2.08. The van der Waals surface area contributed by atoms with Crippen LogP contribution in [-0.4, -0.2) is 28.9 Å². The Morgan fingerprint density at radius 3 is 2.62 bits per heavy atom. The molecular formula is C18H16N2O4. The van der Waals surface area contributed by atoms with Gasteiger partial charge in [-0.05, 0) is 36.8 Å². The van der Waals surface area contributed by atoms with E-state index in [1.165, 1.54) is 18.2 Å². The number of benzene rings is 2. The average molecular weight is 324 g/mol. The molecule has 2 N–H and O–H groups in total. The lowest BCUT2D eigenvalue weighted by Crippen LogP contribution is -2.35. The van der Waals surface area contributed by atoms with Gasteiger partial charge in [0.1, 0.15) is 6.04 Å². The lowest BCUT2D eigenvalue weighted by atomic mass is 10.1. The SMILES string of the molecule is Cc1ccccc1N[C@H]1CC(=O)N(c2cccc(C(=O)O)c2)C1=O. The predicted octanol–water partition coefficient (Wildman–Crippen LogP) is 2.44. The molecule has 0 spiro atoms. The molecule has 2 aromatic carbocycles. The molecule has 0 radical (unpaired) electrons. The van der Waals surface area contributed by atoms with E-state index in [2.05, 4.69) is 5.32 Å². The Labute approximate surface area is 138 Å². The summed E-state index contributed by atoms with van der Waals surface area (Å²) in [6, 6.07) is 12.7. The van der Waals surface area contributed by atoms with Gasteiger partial charge in [0.2, 0.25) is 5.91 Å². The van der Waals surface area contributed by atoms with Crippen LogP contribution in [0.4, 0.5) is 11.4 Å². The van der Waals surface area contributed by atoms with Crippen LogP contribution in [0.15, 0.2) is 48.5 Å². The number of hydrogen-bond acceptors (Lipinski definition) is 4. The van der Waals surface area contributed by atoms with Gasteiger partial charge in [-0.15, -0.1) is 0 Å². The number of amides is 2. The number of imide groups is 1. The highest BCUT2D eigenvalue weighted by atomic mass is 16.4. The topological polar surface area (TPSA) is 86.7 Å². The van der Waals surface area contributed by atoms with Gasteiger partial charge in [0, 0.05) is 5.69 Å². The van der Waals surface area contributed by atoms with Gasteiger partial charge in [0.25, 0.3) is 5.91 Å². The van der Waals surface area contributed by atoms with Crippen molar-refractivity contribution in [3.05, 3.63) is 59.7 Å². The van der Waals surface area contributed by atoms with Gasteiger partial charge in [-0.1, -0.05) is 24.3 Å². The van der Waals surface area contributed by atoms with Crippen LogP contribution in [0, 0.1) is 6.92 Å². The molecule has 6 heteroatoms. The van der Waals surface area contributed by atoms with Crippen molar-refractivity contribution < 1.29 is 19.5 Å². The molecule has 2 aromatic rings. The van der Waals surface area contributed by atoms with E-state index in [4.69, 9.17) is 5.11 Å². The second kappa shape index (κ2) is 6.16. The molecule has 1 atom stereocenters. The summed E-state index contributed by atoms with van der Waals surface area (Å²) in [6.07, 6.45) is 0.0322. The minimum Gasteiger partial charge on any atom is -0.478 e. The van der Waals surface area contributed by atoms with Crippen molar-refractivity contribution in [3.63, 3.8) is 0 Å². The van der Waals surface area contributed by atoms with Gasteiger partial charge in [-0.3, -0.25) is 9.59 Å². The highest BCUT2D eigenvalue weighted by molar-refractivity contribution is 6.23. The van der Waals surface area contributed by atoms with Gasteiger partial charge in [-0.2, -0.15) is 0 Å². The van der Waals surface area contributed by atoms with Crippen molar-refractivity contribution >= 4 is 29.2 Å². The first-order chi connectivity index (χ1) is 11.5. The van der Waals surface area contributed by atoms with Gasteiger partial charge in [-0.25, -0.2) is 9.69 Å². The molecule has 1 aliphatic heterocycles. The number of rotatable bonds is 4. The van der Waals surface area contributed by atoms with E-state index >= 15 is 0 Å². The first kappa shape index (κ1) is 15.7. The molecule has 0 bridgehead atoms. The fourth-order valence-electron chi connectivity index (χ4n) is 2.72. The molecule has 1 fully saturated rings. The van der Waals surface area contributed by atoms with Crippen molar-refractivity contribution in [1.82, 2.24) is 0 Å². The number of hydrogen-bond donors (Lipinski definition) is 2. The van der Waals surface area contributed by atoms with Crippen molar-refractivity contribution in [1.29, 1.82) is 0 Å². The highest BCUT2D eigenvalue weighted by Gasteiger charge is 2.39. The summed E-state index contributed by atoms with van der Waals surface area (Å²) in [7, 11) is 0. The summed E-state index contributed by atoms with van der Waals surface area (Å²) in [6.45, 7) is 1.91. The maximum absolute atomic E-state index is 12.6. The zero-order valence-corrected chi connectivity index (χ0v) is 13.0. The summed E-state index contributed by atoms with van der Waals surface area (Å²) < 4.78 is 0. The molecule has 0 aliphatic carbocycles. The Kier molecular flexibility index (Phi) is 4.04. The van der Waals surface area contributed by atoms with Gasteiger partial charge in [0.05, 0.1) is 17.7 Å². The van der Waals surface area contributed by atoms with Crippen LogP contribution in [0.5, 0.6) is 0 Å². The fourth-order valence-corrected chi connectivity index (χ4v) is 2.72. The van der Waals surface area contributed by atoms with Crippen LogP contribution >= 0.6 is 0 Å². The molecule has 1 heterocycles. The first-order valence-corrected chi connectivity index (χ1v) is 7.49. The van der Waals surface area contributed by atoms with Crippen LogP contribution in [0.1, 0.15) is 22.3 Å². The lowest BCUT2D eigenvalue weighted by molar-refractivity contribution is -0.121. The maximum atomic E-state index is 12.6. The summed E-state index contributed by atoms with van der Waals surface area (Å²) in [4.78, 5) is 37.0. The van der Waals surface area contributed by atoms with Crippen LogP contribution in [-0.2, 0) is 9.59 Å². The Morgan fingerprint density at radius 2 is 1.92 bits per heavy atom. The van der Waals surface area contributed by atoms with Crippen molar-refractivity contribution in [3.8, 4) is 0 Å². The molecule has 1 saturated heterocycles. The highest BCUT2D eigenvalue weighted by Crippen LogP contribution is 2.26. The largest absolute Gasteiger partial charge is 0.478 e. The molecule has 6 nitrogen and oxygen atoms in total. The van der Waals surface area contributed by atoms with E-state index in [1.54, 1.807) is 6.07 Å². The molecule has 1 aliphatic rings. The average Bonchev–Trinajstić information content (AvgIpc) is 2.83. The normalized spacial score (nSPS) is 17.2. The van der Waals surface area contributed by atoms with Crippen molar-refractivity contribution in [2.75, 3.05) is 10.2 Å². The Bertz CT molecular complexity index is 831. The molecule has 0 aromatic heterocycles. The number of nitrogens with one attached hydrogen (secondary N) is 1. The minimum absolute atomic E-state index is 0.0309. The zero-order chi connectivity index (χ0) is 17.3. The van der Waals surface area contributed by atoms with E-state index in [0.29, 0.717) is 0 Å². The third-order valence-electron chi connectivity index (χ3n) is 3.97. The standard InChI is InChI=1S/C18H16N2O4/c1-11-5-2-3-8-14(11)19-15-10-16(21)20(17(15)22)13-7-4-6-12(9-13)18(23)24/h2-9,15,19H,10H2,1H3,(H,23,24)/t15-/m0/s1. The quantitative estimate of drug-likeness (QED) is 0.844. The minimum atomic E-state index is -1.11. The molecular weight excluding hydrogens is 308 g/mol. The van der Waals surface area contributed by atoms with E-state index in [0.717, 1.165) is 16.2 Å². The van der Waals surface area contributed by atoms with E-state index in [1.807, 2.05) is 31.2 Å². The number of carbonyl (C=O) groups is 3. The van der Waals surface area contributed by atoms with E-state index in [9.17, 15) is 14.4 Å². The van der Waals surface area contributed by atoms with Gasteiger partial charge in [0.15, 0.2) is 0 Å². The predicted molar refractivity (Wildman–Crippen MR) is 89.1 cm³/mol. The number of para-hydroxylation sites is 1. The number of carboxylic acid groups (broad SMARTS) is 1. The fraction of sp³-hybridized carbons (Fsp3) is 0.167.